The molecule has 0 bridgehead atoms. The standard InChI is InChI=1S/C15H23N3O2/c1-2-6-17-8-5-16-15(17)9-13(19)14-10-18-7-3-4-12(18)11-20-14/h5,8,12,14H,2-4,6-7,9-11H2,1H3. The van der Waals surface area contributed by atoms with E-state index in [1.165, 1.54) is 12.8 Å². The van der Waals surface area contributed by atoms with E-state index in [9.17, 15) is 4.79 Å². The van der Waals surface area contributed by atoms with Gasteiger partial charge >= 0.3 is 0 Å². The van der Waals surface area contributed by atoms with Crippen LogP contribution in [0.3, 0.4) is 0 Å². The second-order valence-corrected chi connectivity index (χ2v) is 5.79. The van der Waals surface area contributed by atoms with Gasteiger partial charge in [0.1, 0.15) is 11.9 Å². The highest BCUT2D eigenvalue weighted by Crippen LogP contribution is 2.23. The van der Waals surface area contributed by atoms with Crippen molar-refractivity contribution in [3.63, 3.8) is 0 Å². The number of nitrogens with zero attached hydrogens (tertiary/aromatic N) is 3. The summed E-state index contributed by atoms with van der Waals surface area (Å²) < 4.78 is 7.84. The Kier molecular flexibility index (Phi) is 4.17. The van der Waals surface area contributed by atoms with Crippen LogP contribution < -0.4 is 0 Å². The van der Waals surface area contributed by atoms with Gasteiger partial charge in [0.05, 0.1) is 13.0 Å². The molecule has 0 N–H and O–H groups in total. The van der Waals surface area contributed by atoms with Crippen molar-refractivity contribution < 1.29 is 9.53 Å². The molecule has 0 amide bonds. The third kappa shape index (κ3) is 2.79. The van der Waals surface area contributed by atoms with E-state index in [2.05, 4.69) is 21.4 Å². The number of aryl methyl sites for hydroxylation is 1. The Bertz CT molecular complexity index is 471. The maximum atomic E-state index is 12.4. The van der Waals surface area contributed by atoms with Crippen molar-refractivity contribution in [1.29, 1.82) is 0 Å². The Morgan fingerprint density at radius 1 is 1.55 bits per heavy atom. The number of carbonyl (C=O) groups excluding carboxylic acids is 1. The first-order chi connectivity index (χ1) is 9.78. The SMILES string of the molecule is CCCn1ccnc1CC(=O)C1CN2CCCC2CO1. The number of ketones is 1. The van der Waals surface area contributed by atoms with Crippen LogP contribution in [-0.2, 0) is 22.5 Å². The number of hydrogen-bond acceptors (Lipinski definition) is 4. The number of aromatic nitrogens is 2. The van der Waals surface area contributed by atoms with Gasteiger partial charge in [-0.1, -0.05) is 6.92 Å². The van der Waals surface area contributed by atoms with Crippen LogP contribution in [0, 0.1) is 0 Å². The van der Waals surface area contributed by atoms with E-state index in [4.69, 9.17) is 4.74 Å². The Labute approximate surface area is 119 Å². The smallest absolute Gasteiger partial charge is 0.170 e. The van der Waals surface area contributed by atoms with E-state index in [1.54, 1.807) is 6.20 Å². The summed E-state index contributed by atoms with van der Waals surface area (Å²) in [6.07, 6.45) is 7.33. The molecule has 1 aromatic rings. The molecule has 2 aliphatic heterocycles. The molecule has 0 aromatic carbocycles. The van der Waals surface area contributed by atoms with Crippen molar-refractivity contribution in [1.82, 2.24) is 14.5 Å². The van der Waals surface area contributed by atoms with Crippen molar-refractivity contribution >= 4 is 5.78 Å². The van der Waals surface area contributed by atoms with Crippen molar-refractivity contribution in [3.8, 4) is 0 Å². The van der Waals surface area contributed by atoms with E-state index in [1.807, 2.05) is 6.20 Å². The number of fused-ring (bicyclic) bond motifs is 1. The minimum atomic E-state index is -0.267. The molecule has 2 unspecified atom stereocenters. The summed E-state index contributed by atoms with van der Waals surface area (Å²) in [7, 11) is 0. The Balaban J connectivity index is 1.60. The molecule has 0 aliphatic carbocycles. The number of Topliss-reactive ketones (excluding diaryl/α,β-unsaturated/α-hetero) is 1. The van der Waals surface area contributed by atoms with Gasteiger partial charge in [0, 0.05) is 31.5 Å². The summed E-state index contributed by atoms with van der Waals surface area (Å²) >= 11 is 0. The molecular formula is C15H23N3O2. The third-order valence-corrected chi connectivity index (χ3v) is 4.35. The molecule has 3 heterocycles. The van der Waals surface area contributed by atoms with E-state index in [0.29, 0.717) is 19.1 Å². The van der Waals surface area contributed by atoms with Crippen LogP contribution in [0.5, 0.6) is 0 Å². The zero-order chi connectivity index (χ0) is 13.9. The number of morpholine rings is 1. The fraction of sp³-hybridized carbons (Fsp3) is 0.733. The molecule has 110 valence electrons. The monoisotopic (exact) mass is 277 g/mol. The molecule has 0 spiro atoms. The van der Waals surface area contributed by atoms with Gasteiger partial charge in [0.15, 0.2) is 5.78 Å². The number of hydrogen-bond donors (Lipinski definition) is 0. The predicted octanol–water partition coefficient (Wildman–Crippen LogP) is 1.27. The molecule has 0 radical (unpaired) electrons. The average Bonchev–Trinajstić information content (AvgIpc) is 3.07. The van der Waals surface area contributed by atoms with Crippen LogP contribution in [0.25, 0.3) is 0 Å². The molecule has 2 atom stereocenters. The van der Waals surface area contributed by atoms with Crippen LogP contribution in [0.15, 0.2) is 12.4 Å². The van der Waals surface area contributed by atoms with E-state index in [0.717, 1.165) is 31.9 Å². The molecule has 20 heavy (non-hydrogen) atoms. The lowest BCUT2D eigenvalue weighted by Gasteiger charge is -2.34. The summed E-state index contributed by atoms with van der Waals surface area (Å²) in [6.45, 7) is 5.63. The highest BCUT2D eigenvalue weighted by Gasteiger charge is 2.35. The summed E-state index contributed by atoms with van der Waals surface area (Å²) in [6, 6.07) is 0.543. The molecule has 1 aromatic heterocycles. The van der Waals surface area contributed by atoms with Crippen LogP contribution in [0.2, 0.25) is 0 Å². The topological polar surface area (TPSA) is 47.4 Å². The highest BCUT2D eigenvalue weighted by atomic mass is 16.5. The summed E-state index contributed by atoms with van der Waals surface area (Å²) in [5.74, 6) is 1.03. The number of ether oxygens (including phenoxy) is 1. The van der Waals surface area contributed by atoms with E-state index in [-0.39, 0.29) is 11.9 Å². The maximum absolute atomic E-state index is 12.4. The van der Waals surface area contributed by atoms with E-state index < -0.39 is 0 Å². The van der Waals surface area contributed by atoms with Crippen molar-refractivity contribution in [2.75, 3.05) is 19.7 Å². The van der Waals surface area contributed by atoms with E-state index >= 15 is 0 Å². The average molecular weight is 277 g/mol. The van der Waals surface area contributed by atoms with Gasteiger partial charge in [-0.05, 0) is 25.8 Å². The van der Waals surface area contributed by atoms with Gasteiger partial charge in [0.2, 0.25) is 0 Å². The van der Waals surface area contributed by atoms with Crippen LogP contribution >= 0.6 is 0 Å². The molecule has 0 saturated carbocycles. The second-order valence-electron chi connectivity index (χ2n) is 5.79. The molecule has 3 rings (SSSR count). The van der Waals surface area contributed by atoms with Gasteiger partial charge < -0.3 is 9.30 Å². The van der Waals surface area contributed by atoms with Crippen molar-refractivity contribution in [2.45, 2.75) is 51.3 Å². The summed E-state index contributed by atoms with van der Waals surface area (Å²) in [5.41, 5.74) is 0. The number of imidazole rings is 1. The fourth-order valence-corrected chi connectivity index (χ4v) is 3.23. The first-order valence-corrected chi connectivity index (χ1v) is 7.66. The summed E-state index contributed by atoms with van der Waals surface area (Å²) in [5, 5.41) is 0. The second kappa shape index (κ2) is 6.06. The predicted molar refractivity (Wildman–Crippen MR) is 75.6 cm³/mol. The minimum Gasteiger partial charge on any atom is -0.367 e. The quantitative estimate of drug-likeness (QED) is 0.813. The van der Waals surface area contributed by atoms with Gasteiger partial charge in [-0.3, -0.25) is 9.69 Å². The molecule has 5 nitrogen and oxygen atoms in total. The Morgan fingerprint density at radius 3 is 3.30 bits per heavy atom. The zero-order valence-electron chi connectivity index (χ0n) is 12.1. The largest absolute Gasteiger partial charge is 0.367 e. The van der Waals surface area contributed by atoms with Crippen LogP contribution in [0.1, 0.15) is 32.0 Å². The van der Waals surface area contributed by atoms with Gasteiger partial charge in [-0.15, -0.1) is 0 Å². The van der Waals surface area contributed by atoms with Crippen LogP contribution in [-0.4, -0.2) is 52.1 Å². The maximum Gasteiger partial charge on any atom is 0.170 e. The van der Waals surface area contributed by atoms with Crippen molar-refractivity contribution in [2.24, 2.45) is 0 Å². The normalized spacial score (nSPS) is 26.6. The first-order valence-electron chi connectivity index (χ1n) is 7.66. The minimum absolute atomic E-state index is 0.166. The molecule has 2 saturated heterocycles. The highest BCUT2D eigenvalue weighted by molar-refractivity contribution is 5.85. The number of carbonyl (C=O) groups is 1. The van der Waals surface area contributed by atoms with Crippen molar-refractivity contribution in [3.05, 3.63) is 18.2 Å². The lowest BCUT2D eigenvalue weighted by Crippen LogP contribution is -2.49. The molecule has 2 fully saturated rings. The Hall–Kier alpha value is -1.20. The molecule has 2 aliphatic rings. The van der Waals surface area contributed by atoms with Crippen LogP contribution in [0.4, 0.5) is 0 Å². The Morgan fingerprint density at radius 2 is 2.45 bits per heavy atom. The number of rotatable bonds is 5. The first kappa shape index (κ1) is 13.8. The zero-order valence-corrected chi connectivity index (χ0v) is 12.1. The lowest BCUT2D eigenvalue weighted by molar-refractivity contribution is -0.137. The lowest BCUT2D eigenvalue weighted by atomic mass is 10.1. The summed E-state index contributed by atoms with van der Waals surface area (Å²) in [4.78, 5) is 19.1. The fourth-order valence-electron chi connectivity index (χ4n) is 3.23. The molecular weight excluding hydrogens is 254 g/mol. The molecule has 5 heteroatoms. The van der Waals surface area contributed by atoms with Gasteiger partial charge in [-0.2, -0.15) is 0 Å². The third-order valence-electron chi connectivity index (χ3n) is 4.35. The van der Waals surface area contributed by atoms with Gasteiger partial charge in [-0.25, -0.2) is 4.98 Å². The van der Waals surface area contributed by atoms with Gasteiger partial charge in [0.25, 0.3) is 0 Å².